The van der Waals surface area contributed by atoms with Crippen LogP contribution in [0.25, 0.3) is 11.3 Å². The van der Waals surface area contributed by atoms with Crippen LogP contribution in [0.15, 0.2) is 29.1 Å². The molecule has 0 atom stereocenters. The average molecular weight is 231 g/mol. The zero-order chi connectivity index (χ0) is 11.4. The highest BCUT2D eigenvalue weighted by Gasteiger charge is 2.04. The molecule has 1 aromatic heterocycles. The van der Waals surface area contributed by atoms with Crippen LogP contribution in [0, 0.1) is 11.3 Å². The van der Waals surface area contributed by atoms with Crippen LogP contribution in [0.3, 0.4) is 0 Å². The van der Waals surface area contributed by atoms with Gasteiger partial charge in [0.2, 0.25) is 0 Å². The van der Waals surface area contributed by atoms with Gasteiger partial charge in [0, 0.05) is 10.9 Å². The molecule has 16 heavy (non-hydrogen) atoms. The fourth-order valence-corrected chi connectivity index (χ4v) is 1.87. The molecule has 2 aromatic rings. The smallest absolute Gasteiger partial charge is 0.174 e. The third kappa shape index (κ3) is 2.12. The number of anilines is 1. The Morgan fingerprint density at radius 2 is 2.38 bits per heavy atom. The van der Waals surface area contributed by atoms with Gasteiger partial charge in [-0.25, -0.2) is 4.98 Å². The van der Waals surface area contributed by atoms with E-state index in [1.807, 2.05) is 17.5 Å². The third-order valence-electron chi connectivity index (χ3n) is 2.03. The van der Waals surface area contributed by atoms with Crippen molar-refractivity contribution in [3.05, 3.63) is 29.1 Å². The molecule has 0 aliphatic heterocycles. The molecule has 0 radical (unpaired) electrons. The van der Waals surface area contributed by atoms with E-state index in [0.717, 1.165) is 11.3 Å². The maximum absolute atomic E-state index is 8.40. The van der Waals surface area contributed by atoms with Crippen LogP contribution in [-0.4, -0.2) is 11.6 Å². The molecule has 2 N–H and O–H groups in total. The topological polar surface area (TPSA) is 71.9 Å². The number of nitrogens with zero attached hydrogens (tertiary/aromatic N) is 2. The lowest BCUT2D eigenvalue weighted by atomic mass is 10.1. The Hall–Kier alpha value is -2.06. The van der Waals surface area contributed by atoms with Gasteiger partial charge in [0.25, 0.3) is 0 Å². The number of thiazole rings is 1. The van der Waals surface area contributed by atoms with Crippen molar-refractivity contribution < 1.29 is 4.74 Å². The van der Waals surface area contributed by atoms with Crippen molar-refractivity contribution in [2.75, 3.05) is 12.3 Å². The van der Waals surface area contributed by atoms with Crippen molar-refractivity contribution in [3.8, 4) is 23.1 Å². The van der Waals surface area contributed by atoms with Crippen LogP contribution < -0.4 is 10.5 Å². The van der Waals surface area contributed by atoms with Crippen LogP contribution in [0.4, 0.5) is 5.69 Å². The predicted octanol–water partition coefficient (Wildman–Crippen LogP) is 2.29. The summed E-state index contributed by atoms with van der Waals surface area (Å²) in [6.07, 6.45) is 0. The molecule has 0 aliphatic carbocycles. The standard InChI is InChI=1S/C11H9N3OS/c12-3-4-15-11-2-1-8(5-9(11)13)10-6-16-7-14-10/h1-2,5-7H,4,13H2. The second kappa shape index (κ2) is 4.64. The zero-order valence-corrected chi connectivity index (χ0v) is 9.20. The summed E-state index contributed by atoms with van der Waals surface area (Å²) in [5, 5.41) is 10.3. The normalized spacial score (nSPS) is 9.69. The fraction of sp³-hybridized carbons (Fsp3) is 0.0909. The van der Waals surface area contributed by atoms with Gasteiger partial charge < -0.3 is 10.5 Å². The van der Waals surface area contributed by atoms with Crippen LogP contribution in [0.1, 0.15) is 0 Å². The Morgan fingerprint density at radius 1 is 1.50 bits per heavy atom. The second-order valence-electron chi connectivity index (χ2n) is 3.07. The SMILES string of the molecule is N#CCOc1ccc(-c2cscn2)cc1N. The van der Waals surface area contributed by atoms with Crippen LogP contribution in [0.5, 0.6) is 5.75 Å². The van der Waals surface area contributed by atoms with Gasteiger partial charge in [-0.15, -0.1) is 11.3 Å². The van der Waals surface area contributed by atoms with E-state index in [4.69, 9.17) is 15.7 Å². The Bertz CT molecular complexity index is 517. The molecular weight excluding hydrogens is 222 g/mol. The number of hydrogen-bond donors (Lipinski definition) is 1. The first-order valence-corrected chi connectivity index (χ1v) is 5.53. The molecule has 0 saturated carbocycles. The van der Waals surface area contributed by atoms with E-state index >= 15 is 0 Å². The van der Waals surface area contributed by atoms with Gasteiger partial charge >= 0.3 is 0 Å². The molecule has 0 saturated heterocycles. The van der Waals surface area contributed by atoms with Gasteiger partial charge in [-0.3, -0.25) is 0 Å². The van der Waals surface area contributed by atoms with E-state index in [0.29, 0.717) is 11.4 Å². The van der Waals surface area contributed by atoms with E-state index in [9.17, 15) is 0 Å². The minimum atomic E-state index is 0.000246. The molecule has 1 aromatic carbocycles. The molecular formula is C11H9N3OS. The molecule has 0 bridgehead atoms. The van der Waals surface area contributed by atoms with Crippen LogP contribution >= 0.6 is 11.3 Å². The second-order valence-corrected chi connectivity index (χ2v) is 3.79. The van der Waals surface area contributed by atoms with Crippen molar-refractivity contribution in [1.29, 1.82) is 5.26 Å². The van der Waals surface area contributed by atoms with Crippen molar-refractivity contribution in [2.45, 2.75) is 0 Å². The lowest BCUT2D eigenvalue weighted by molar-refractivity contribution is 0.370. The number of ether oxygens (including phenoxy) is 1. The maximum atomic E-state index is 8.40. The Balaban J connectivity index is 2.27. The monoisotopic (exact) mass is 231 g/mol. The number of rotatable bonds is 3. The van der Waals surface area contributed by atoms with Crippen molar-refractivity contribution in [1.82, 2.24) is 4.98 Å². The quantitative estimate of drug-likeness (QED) is 0.822. The van der Waals surface area contributed by atoms with Crippen molar-refractivity contribution >= 4 is 17.0 Å². The van der Waals surface area contributed by atoms with Gasteiger partial charge in [-0.05, 0) is 18.2 Å². The summed E-state index contributed by atoms with van der Waals surface area (Å²) in [5.41, 5.74) is 9.93. The summed E-state index contributed by atoms with van der Waals surface area (Å²) in [5.74, 6) is 0.528. The Kier molecular flexibility index (Phi) is 3.03. The van der Waals surface area contributed by atoms with E-state index < -0.39 is 0 Å². The molecule has 5 heteroatoms. The number of aromatic nitrogens is 1. The van der Waals surface area contributed by atoms with Crippen molar-refractivity contribution in [2.24, 2.45) is 0 Å². The van der Waals surface area contributed by atoms with Crippen LogP contribution in [0.2, 0.25) is 0 Å². The predicted molar refractivity (Wildman–Crippen MR) is 63.1 cm³/mol. The van der Waals surface area contributed by atoms with E-state index in [-0.39, 0.29) is 6.61 Å². The minimum Gasteiger partial charge on any atom is -0.477 e. The molecule has 4 nitrogen and oxygen atoms in total. The number of nitrogen functional groups attached to an aromatic ring is 1. The summed E-state index contributed by atoms with van der Waals surface area (Å²) in [6, 6.07) is 7.32. The molecule has 2 rings (SSSR count). The lowest BCUT2D eigenvalue weighted by Gasteiger charge is -2.06. The minimum absolute atomic E-state index is 0.000246. The van der Waals surface area contributed by atoms with Gasteiger partial charge in [0.1, 0.15) is 11.8 Å². The van der Waals surface area contributed by atoms with Gasteiger partial charge in [-0.2, -0.15) is 5.26 Å². The lowest BCUT2D eigenvalue weighted by Crippen LogP contribution is -1.98. The maximum Gasteiger partial charge on any atom is 0.174 e. The number of nitriles is 1. The number of hydrogen-bond acceptors (Lipinski definition) is 5. The fourth-order valence-electron chi connectivity index (χ4n) is 1.30. The highest BCUT2D eigenvalue weighted by Crippen LogP contribution is 2.28. The third-order valence-corrected chi connectivity index (χ3v) is 2.62. The highest BCUT2D eigenvalue weighted by atomic mass is 32.1. The zero-order valence-electron chi connectivity index (χ0n) is 8.38. The molecule has 0 amide bonds. The van der Waals surface area contributed by atoms with Gasteiger partial charge in [0.05, 0.1) is 16.9 Å². The molecule has 80 valence electrons. The van der Waals surface area contributed by atoms with E-state index in [1.165, 1.54) is 11.3 Å². The highest BCUT2D eigenvalue weighted by molar-refractivity contribution is 7.07. The molecule has 0 fully saturated rings. The van der Waals surface area contributed by atoms with E-state index in [2.05, 4.69) is 4.98 Å². The largest absolute Gasteiger partial charge is 0.477 e. The summed E-state index contributed by atoms with van der Waals surface area (Å²) < 4.78 is 5.15. The summed E-state index contributed by atoms with van der Waals surface area (Å²) in [7, 11) is 0. The van der Waals surface area contributed by atoms with Gasteiger partial charge in [-0.1, -0.05) is 0 Å². The van der Waals surface area contributed by atoms with Crippen molar-refractivity contribution in [3.63, 3.8) is 0 Å². The molecule has 0 aliphatic rings. The first-order valence-electron chi connectivity index (χ1n) is 4.59. The number of benzene rings is 1. The van der Waals surface area contributed by atoms with E-state index in [1.54, 1.807) is 17.6 Å². The Labute approximate surface area is 96.9 Å². The number of nitrogens with two attached hydrogens (primary N) is 1. The first-order chi connectivity index (χ1) is 7.81. The Morgan fingerprint density at radius 3 is 3.00 bits per heavy atom. The molecule has 1 heterocycles. The first kappa shape index (κ1) is 10.5. The summed E-state index contributed by atoms with van der Waals surface area (Å²) >= 11 is 1.53. The molecule has 0 unspecified atom stereocenters. The molecule has 0 spiro atoms. The average Bonchev–Trinajstić information content (AvgIpc) is 2.81. The summed E-state index contributed by atoms with van der Waals surface area (Å²) in [6.45, 7) is 0.000246. The van der Waals surface area contributed by atoms with Crippen LogP contribution in [-0.2, 0) is 0 Å². The van der Waals surface area contributed by atoms with Gasteiger partial charge in [0.15, 0.2) is 6.61 Å². The summed E-state index contributed by atoms with van der Waals surface area (Å²) in [4.78, 5) is 4.19.